The van der Waals surface area contributed by atoms with Crippen molar-refractivity contribution in [1.29, 1.82) is 0 Å². The standard InChI is InChI=1S/C15H16BrCl2N3/c1-3-7-19-14-11(17)8-12(18)15(21-14)20-13-6-4-5-10(16)9(13)2/h4-6,8H,3,7H2,1-2H3,(H2,19,20,21). The third kappa shape index (κ3) is 4.02. The summed E-state index contributed by atoms with van der Waals surface area (Å²) in [7, 11) is 0. The molecule has 0 aliphatic carbocycles. The molecule has 1 heterocycles. The average molecular weight is 389 g/mol. The van der Waals surface area contributed by atoms with Gasteiger partial charge >= 0.3 is 0 Å². The Labute approximate surface area is 143 Å². The van der Waals surface area contributed by atoms with Crippen LogP contribution in [0.4, 0.5) is 17.3 Å². The number of pyridine rings is 1. The highest BCUT2D eigenvalue weighted by atomic mass is 79.9. The highest BCUT2D eigenvalue weighted by Gasteiger charge is 2.11. The molecule has 0 unspecified atom stereocenters. The van der Waals surface area contributed by atoms with Gasteiger partial charge in [0.15, 0.2) is 5.82 Å². The number of aromatic nitrogens is 1. The van der Waals surface area contributed by atoms with Crippen LogP contribution in [0.5, 0.6) is 0 Å². The van der Waals surface area contributed by atoms with Crippen LogP contribution < -0.4 is 10.6 Å². The Bertz CT molecular complexity index is 647. The minimum Gasteiger partial charge on any atom is -0.369 e. The van der Waals surface area contributed by atoms with E-state index < -0.39 is 0 Å². The maximum absolute atomic E-state index is 6.23. The van der Waals surface area contributed by atoms with Gasteiger partial charge in [-0.2, -0.15) is 0 Å². The minimum atomic E-state index is 0.487. The molecule has 0 amide bonds. The van der Waals surface area contributed by atoms with Gasteiger partial charge in [-0.25, -0.2) is 4.98 Å². The molecule has 21 heavy (non-hydrogen) atoms. The molecule has 0 atom stereocenters. The van der Waals surface area contributed by atoms with Crippen LogP contribution in [-0.4, -0.2) is 11.5 Å². The summed E-state index contributed by atoms with van der Waals surface area (Å²) in [6.07, 6.45) is 0.994. The van der Waals surface area contributed by atoms with Crippen LogP contribution >= 0.6 is 39.1 Å². The summed E-state index contributed by atoms with van der Waals surface area (Å²) in [4.78, 5) is 4.47. The van der Waals surface area contributed by atoms with Crippen LogP contribution in [0.25, 0.3) is 0 Å². The third-order valence-electron chi connectivity index (χ3n) is 2.99. The van der Waals surface area contributed by atoms with Gasteiger partial charge in [-0.15, -0.1) is 0 Å². The number of anilines is 3. The van der Waals surface area contributed by atoms with Crippen molar-refractivity contribution in [2.45, 2.75) is 20.3 Å². The van der Waals surface area contributed by atoms with E-state index in [2.05, 4.69) is 38.5 Å². The maximum atomic E-state index is 6.23. The topological polar surface area (TPSA) is 37.0 Å². The molecule has 0 aliphatic heterocycles. The normalized spacial score (nSPS) is 10.5. The van der Waals surface area contributed by atoms with E-state index in [0.29, 0.717) is 21.7 Å². The molecule has 0 spiro atoms. The fourth-order valence-corrected chi connectivity index (χ4v) is 2.63. The molecule has 2 N–H and O–H groups in total. The summed E-state index contributed by atoms with van der Waals surface area (Å²) in [5.41, 5.74) is 2.04. The van der Waals surface area contributed by atoms with Gasteiger partial charge in [-0.3, -0.25) is 0 Å². The van der Waals surface area contributed by atoms with Gasteiger partial charge in [0.05, 0.1) is 10.0 Å². The first-order valence-electron chi connectivity index (χ1n) is 6.65. The zero-order valence-corrected chi connectivity index (χ0v) is 14.9. The lowest BCUT2D eigenvalue weighted by atomic mass is 10.2. The Morgan fingerprint density at radius 1 is 1.19 bits per heavy atom. The van der Waals surface area contributed by atoms with E-state index in [9.17, 15) is 0 Å². The summed E-state index contributed by atoms with van der Waals surface area (Å²) < 4.78 is 1.03. The zero-order chi connectivity index (χ0) is 15.4. The summed E-state index contributed by atoms with van der Waals surface area (Å²) in [5.74, 6) is 1.22. The van der Waals surface area contributed by atoms with E-state index in [1.807, 2.05) is 25.1 Å². The molecule has 0 bridgehead atoms. The molecule has 6 heteroatoms. The first-order chi connectivity index (χ1) is 10.0. The van der Waals surface area contributed by atoms with Crippen LogP contribution in [0.1, 0.15) is 18.9 Å². The van der Waals surface area contributed by atoms with Crippen LogP contribution in [0.3, 0.4) is 0 Å². The summed E-state index contributed by atoms with van der Waals surface area (Å²) in [5, 5.41) is 7.45. The molecule has 0 aliphatic rings. The Morgan fingerprint density at radius 2 is 1.90 bits per heavy atom. The van der Waals surface area contributed by atoms with Crippen molar-refractivity contribution in [2.24, 2.45) is 0 Å². The molecular formula is C15H16BrCl2N3. The van der Waals surface area contributed by atoms with E-state index in [0.717, 1.165) is 28.7 Å². The molecule has 0 saturated carbocycles. The van der Waals surface area contributed by atoms with Gasteiger partial charge < -0.3 is 10.6 Å². The quantitative estimate of drug-likeness (QED) is 0.656. The second-order valence-corrected chi connectivity index (χ2v) is 6.28. The first kappa shape index (κ1) is 16.4. The lowest BCUT2D eigenvalue weighted by Crippen LogP contribution is -2.05. The van der Waals surface area contributed by atoms with E-state index >= 15 is 0 Å². The van der Waals surface area contributed by atoms with Gasteiger partial charge in [0.25, 0.3) is 0 Å². The number of nitrogens with zero attached hydrogens (tertiary/aromatic N) is 1. The van der Waals surface area contributed by atoms with E-state index in [1.54, 1.807) is 6.07 Å². The SMILES string of the molecule is CCCNc1nc(Nc2cccc(Br)c2C)c(Cl)cc1Cl. The number of rotatable bonds is 5. The van der Waals surface area contributed by atoms with E-state index in [4.69, 9.17) is 23.2 Å². The monoisotopic (exact) mass is 387 g/mol. The van der Waals surface area contributed by atoms with Crippen LogP contribution in [-0.2, 0) is 0 Å². The molecule has 112 valence electrons. The summed E-state index contributed by atoms with van der Waals surface area (Å²) >= 11 is 15.9. The largest absolute Gasteiger partial charge is 0.369 e. The van der Waals surface area contributed by atoms with E-state index in [-0.39, 0.29) is 0 Å². The molecule has 1 aromatic carbocycles. The number of nitrogens with one attached hydrogen (secondary N) is 2. The molecule has 0 radical (unpaired) electrons. The highest BCUT2D eigenvalue weighted by molar-refractivity contribution is 9.10. The number of hydrogen-bond acceptors (Lipinski definition) is 3. The Morgan fingerprint density at radius 3 is 2.62 bits per heavy atom. The molecule has 2 aromatic rings. The van der Waals surface area contributed by atoms with Gasteiger partial charge in [-0.05, 0) is 37.1 Å². The number of benzene rings is 1. The molecule has 3 nitrogen and oxygen atoms in total. The second-order valence-electron chi connectivity index (χ2n) is 4.61. The predicted octanol–water partition coefficient (Wildman–Crippen LogP) is 6.02. The summed E-state index contributed by atoms with van der Waals surface area (Å²) in [6, 6.07) is 7.63. The first-order valence-corrected chi connectivity index (χ1v) is 8.20. The lowest BCUT2D eigenvalue weighted by molar-refractivity contribution is 0.970. The maximum Gasteiger partial charge on any atom is 0.151 e. The molecule has 1 aromatic heterocycles. The lowest BCUT2D eigenvalue weighted by Gasteiger charge is -2.14. The molecule has 2 rings (SSSR count). The number of hydrogen-bond donors (Lipinski definition) is 2. The second kappa shape index (κ2) is 7.34. The average Bonchev–Trinajstić information content (AvgIpc) is 2.45. The zero-order valence-electron chi connectivity index (χ0n) is 11.8. The Balaban J connectivity index is 2.33. The van der Waals surface area contributed by atoms with Crippen molar-refractivity contribution in [3.63, 3.8) is 0 Å². The van der Waals surface area contributed by atoms with Crippen molar-refractivity contribution in [3.05, 3.63) is 44.3 Å². The Hall–Kier alpha value is -0.970. The van der Waals surface area contributed by atoms with Gasteiger partial charge in [-0.1, -0.05) is 52.1 Å². The third-order valence-corrected chi connectivity index (χ3v) is 4.43. The van der Waals surface area contributed by atoms with Crippen molar-refractivity contribution >= 4 is 56.5 Å². The van der Waals surface area contributed by atoms with Crippen molar-refractivity contribution in [3.8, 4) is 0 Å². The van der Waals surface area contributed by atoms with Crippen molar-refractivity contribution in [2.75, 3.05) is 17.2 Å². The van der Waals surface area contributed by atoms with Crippen LogP contribution in [0.2, 0.25) is 10.0 Å². The summed E-state index contributed by atoms with van der Waals surface area (Å²) in [6.45, 7) is 4.91. The predicted molar refractivity (Wildman–Crippen MR) is 95.2 cm³/mol. The molecule has 0 saturated heterocycles. The van der Waals surface area contributed by atoms with Crippen molar-refractivity contribution < 1.29 is 0 Å². The number of halogens is 3. The van der Waals surface area contributed by atoms with E-state index in [1.165, 1.54) is 0 Å². The van der Waals surface area contributed by atoms with Gasteiger partial charge in [0, 0.05) is 16.7 Å². The minimum absolute atomic E-state index is 0.487. The fourth-order valence-electron chi connectivity index (χ4n) is 1.79. The van der Waals surface area contributed by atoms with Gasteiger partial charge in [0.2, 0.25) is 0 Å². The van der Waals surface area contributed by atoms with Crippen molar-refractivity contribution in [1.82, 2.24) is 4.98 Å². The fraction of sp³-hybridized carbons (Fsp3) is 0.267. The molecule has 0 fully saturated rings. The molecular weight excluding hydrogens is 373 g/mol. The smallest absolute Gasteiger partial charge is 0.151 e. The van der Waals surface area contributed by atoms with Crippen LogP contribution in [0.15, 0.2) is 28.7 Å². The van der Waals surface area contributed by atoms with Gasteiger partial charge in [0.1, 0.15) is 5.82 Å². The highest BCUT2D eigenvalue weighted by Crippen LogP contribution is 2.33. The van der Waals surface area contributed by atoms with Crippen LogP contribution in [0, 0.1) is 6.92 Å². The Kier molecular flexibility index (Phi) is 5.73.